The normalized spacial score (nSPS) is 19.4. The average Bonchev–Trinajstić information content (AvgIpc) is 2.48. The standard InChI is InChI=1S/C15H21ClN2O3/c16-13-3-1-2-12(8-13)4-5-17-15(20)9-18-6-7-21-11-14(18)10-19/h1-3,8,14,19H,4-7,9-11H2,(H,17,20). The SMILES string of the molecule is O=C(CN1CCOCC1CO)NCCc1cccc(Cl)c1. The van der Waals surface area contributed by atoms with Crippen molar-refractivity contribution in [1.82, 2.24) is 10.2 Å². The van der Waals surface area contributed by atoms with E-state index in [1.54, 1.807) is 0 Å². The third-order valence-corrected chi connectivity index (χ3v) is 3.77. The number of morpholine rings is 1. The highest BCUT2D eigenvalue weighted by Crippen LogP contribution is 2.10. The minimum absolute atomic E-state index is 0.00972. The third-order valence-electron chi connectivity index (χ3n) is 3.53. The second-order valence-corrected chi connectivity index (χ2v) is 5.55. The van der Waals surface area contributed by atoms with Gasteiger partial charge in [0.1, 0.15) is 0 Å². The molecule has 0 aliphatic carbocycles. The second kappa shape index (κ2) is 8.34. The Hall–Kier alpha value is -1.14. The van der Waals surface area contributed by atoms with Crippen molar-refractivity contribution in [2.75, 3.05) is 39.5 Å². The van der Waals surface area contributed by atoms with Crippen LogP contribution in [0.1, 0.15) is 5.56 Å². The van der Waals surface area contributed by atoms with Crippen molar-refractivity contribution < 1.29 is 14.6 Å². The highest BCUT2D eigenvalue weighted by Gasteiger charge is 2.23. The zero-order valence-corrected chi connectivity index (χ0v) is 12.7. The van der Waals surface area contributed by atoms with E-state index in [2.05, 4.69) is 5.32 Å². The van der Waals surface area contributed by atoms with E-state index in [1.165, 1.54) is 0 Å². The molecule has 0 radical (unpaired) electrons. The Morgan fingerprint density at radius 2 is 2.38 bits per heavy atom. The van der Waals surface area contributed by atoms with Crippen molar-refractivity contribution >= 4 is 17.5 Å². The lowest BCUT2D eigenvalue weighted by Gasteiger charge is -2.33. The van der Waals surface area contributed by atoms with E-state index < -0.39 is 0 Å². The lowest BCUT2D eigenvalue weighted by atomic mass is 10.1. The number of carbonyl (C=O) groups is 1. The molecular formula is C15H21ClN2O3. The first-order valence-corrected chi connectivity index (χ1v) is 7.50. The van der Waals surface area contributed by atoms with Gasteiger partial charge >= 0.3 is 0 Å². The van der Waals surface area contributed by atoms with Gasteiger partial charge in [-0.3, -0.25) is 9.69 Å². The van der Waals surface area contributed by atoms with E-state index in [0.29, 0.717) is 37.9 Å². The lowest BCUT2D eigenvalue weighted by Crippen LogP contribution is -2.51. The van der Waals surface area contributed by atoms with Crippen LogP contribution in [0.2, 0.25) is 5.02 Å². The third kappa shape index (κ3) is 5.28. The Morgan fingerprint density at radius 1 is 1.52 bits per heavy atom. The maximum atomic E-state index is 11.9. The molecule has 2 rings (SSSR count). The number of amides is 1. The number of aliphatic hydroxyl groups is 1. The van der Waals surface area contributed by atoms with Crippen molar-refractivity contribution in [2.45, 2.75) is 12.5 Å². The summed E-state index contributed by atoms with van der Waals surface area (Å²) >= 11 is 5.92. The minimum Gasteiger partial charge on any atom is -0.395 e. The van der Waals surface area contributed by atoms with Crippen LogP contribution < -0.4 is 5.32 Å². The van der Waals surface area contributed by atoms with Gasteiger partial charge in [-0.15, -0.1) is 0 Å². The van der Waals surface area contributed by atoms with Crippen LogP contribution in [0.25, 0.3) is 0 Å². The molecule has 0 spiro atoms. The molecule has 1 unspecified atom stereocenters. The van der Waals surface area contributed by atoms with Gasteiger partial charge < -0.3 is 15.2 Å². The quantitative estimate of drug-likeness (QED) is 0.811. The first kappa shape index (κ1) is 16.2. The summed E-state index contributed by atoms with van der Waals surface area (Å²) in [6, 6.07) is 7.53. The topological polar surface area (TPSA) is 61.8 Å². The largest absolute Gasteiger partial charge is 0.395 e. The Bertz CT molecular complexity index is 470. The zero-order valence-electron chi connectivity index (χ0n) is 11.9. The van der Waals surface area contributed by atoms with E-state index in [4.69, 9.17) is 16.3 Å². The molecule has 6 heteroatoms. The van der Waals surface area contributed by atoms with E-state index in [9.17, 15) is 9.90 Å². The number of rotatable bonds is 6. The van der Waals surface area contributed by atoms with Crippen LogP contribution in [-0.4, -0.2) is 61.4 Å². The molecule has 1 atom stereocenters. The van der Waals surface area contributed by atoms with Gasteiger partial charge in [0.05, 0.1) is 32.4 Å². The molecule has 0 saturated carbocycles. The molecule has 1 aliphatic rings. The van der Waals surface area contributed by atoms with Crippen LogP contribution in [0, 0.1) is 0 Å². The summed E-state index contributed by atoms with van der Waals surface area (Å²) in [5, 5.41) is 12.9. The molecule has 116 valence electrons. The molecule has 1 aromatic rings. The predicted octanol–water partition coefficient (Wildman–Crippen LogP) is 0.692. The smallest absolute Gasteiger partial charge is 0.234 e. The maximum absolute atomic E-state index is 11.9. The first-order chi connectivity index (χ1) is 10.2. The first-order valence-electron chi connectivity index (χ1n) is 7.13. The number of aliphatic hydroxyl groups excluding tert-OH is 1. The summed E-state index contributed by atoms with van der Waals surface area (Å²) in [7, 11) is 0. The van der Waals surface area contributed by atoms with Crippen LogP contribution in [0.4, 0.5) is 0 Å². The van der Waals surface area contributed by atoms with Crippen molar-refractivity contribution in [3.05, 3.63) is 34.9 Å². The summed E-state index contributed by atoms with van der Waals surface area (Å²) in [6.07, 6.45) is 0.749. The summed E-state index contributed by atoms with van der Waals surface area (Å²) < 4.78 is 5.29. The molecule has 1 amide bonds. The molecule has 2 N–H and O–H groups in total. The molecule has 1 heterocycles. The molecule has 21 heavy (non-hydrogen) atoms. The maximum Gasteiger partial charge on any atom is 0.234 e. The minimum atomic E-state index is -0.0857. The number of hydrogen-bond acceptors (Lipinski definition) is 4. The molecule has 1 aromatic carbocycles. The molecule has 1 saturated heterocycles. The number of hydrogen-bond donors (Lipinski definition) is 2. The van der Waals surface area contributed by atoms with Gasteiger partial charge in [-0.25, -0.2) is 0 Å². The fourth-order valence-corrected chi connectivity index (χ4v) is 2.56. The number of nitrogens with zero attached hydrogens (tertiary/aromatic N) is 1. The highest BCUT2D eigenvalue weighted by molar-refractivity contribution is 6.30. The average molecular weight is 313 g/mol. The van der Waals surface area contributed by atoms with Gasteiger partial charge in [-0.05, 0) is 24.1 Å². The Kier molecular flexibility index (Phi) is 6.45. The van der Waals surface area contributed by atoms with E-state index in [1.807, 2.05) is 29.2 Å². The Labute approximate surface area is 129 Å². The van der Waals surface area contributed by atoms with Crippen molar-refractivity contribution in [1.29, 1.82) is 0 Å². The van der Waals surface area contributed by atoms with Gasteiger partial charge in [-0.1, -0.05) is 23.7 Å². The van der Waals surface area contributed by atoms with Crippen molar-refractivity contribution in [2.24, 2.45) is 0 Å². The summed E-state index contributed by atoms with van der Waals surface area (Å²) in [5.74, 6) is -0.0302. The second-order valence-electron chi connectivity index (χ2n) is 5.11. The van der Waals surface area contributed by atoms with Crippen molar-refractivity contribution in [3.63, 3.8) is 0 Å². The van der Waals surface area contributed by atoms with Crippen LogP contribution in [0.15, 0.2) is 24.3 Å². The van der Waals surface area contributed by atoms with Crippen LogP contribution in [-0.2, 0) is 16.0 Å². The number of ether oxygens (including phenoxy) is 1. The fraction of sp³-hybridized carbons (Fsp3) is 0.533. The van der Waals surface area contributed by atoms with E-state index in [0.717, 1.165) is 12.0 Å². The predicted molar refractivity (Wildman–Crippen MR) is 81.4 cm³/mol. The number of carbonyl (C=O) groups excluding carboxylic acids is 1. The molecule has 0 aromatic heterocycles. The van der Waals surface area contributed by atoms with Crippen LogP contribution in [0.5, 0.6) is 0 Å². The van der Waals surface area contributed by atoms with Gasteiger partial charge in [0, 0.05) is 18.1 Å². The van der Waals surface area contributed by atoms with Gasteiger partial charge in [-0.2, -0.15) is 0 Å². The monoisotopic (exact) mass is 312 g/mol. The summed E-state index contributed by atoms with van der Waals surface area (Å²) in [6.45, 7) is 2.64. The zero-order chi connectivity index (χ0) is 15.1. The fourth-order valence-electron chi connectivity index (χ4n) is 2.34. The molecular weight excluding hydrogens is 292 g/mol. The van der Waals surface area contributed by atoms with Gasteiger partial charge in [0.2, 0.25) is 5.91 Å². The van der Waals surface area contributed by atoms with Crippen LogP contribution in [0.3, 0.4) is 0 Å². The Balaban J connectivity index is 1.72. The molecule has 1 fully saturated rings. The van der Waals surface area contributed by atoms with E-state index in [-0.39, 0.29) is 18.6 Å². The summed E-state index contributed by atoms with van der Waals surface area (Å²) in [4.78, 5) is 13.9. The highest BCUT2D eigenvalue weighted by atomic mass is 35.5. The summed E-state index contributed by atoms with van der Waals surface area (Å²) in [5.41, 5.74) is 1.10. The number of halogens is 1. The van der Waals surface area contributed by atoms with Gasteiger partial charge in [0.15, 0.2) is 0 Å². The number of benzene rings is 1. The van der Waals surface area contributed by atoms with Crippen molar-refractivity contribution in [3.8, 4) is 0 Å². The Morgan fingerprint density at radius 3 is 3.14 bits per heavy atom. The van der Waals surface area contributed by atoms with Gasteiger partial charge in [0.25, 0.3) is 0 Å². The molecule has 5 nitrogen and oxygen atoms in total. The molecule has 0 bridgehead atoms. The lowest BCUT2D eigenvalue weighted by molar-refractivity contribution is -0.125. The van der Waals surface area contributed by atoms with E-state index >= 15 is 0 Å². The van der Waals surface area contributed by atoms with Crippen LogP contribution >= 0.6 is 11.6 Å². The number of nitrogens with one attached hydrogen (secondary N) is 1. The molecule has 1 aliphatic heterocycles.